The van der Waals surface area contributed by atoms with Gasteiger partial charge in [-0.05, 0) is 18.8 Å². The highest BCUT2D eigenvalue weighted by atomic mass is 16.4. The van der Waals surface area contributed by atoms with Crippen LogP contribution in [0.2, 0.25) is 0 Å². The fourth-order valence-corrected chi connectivity index (χ4v) is 2.59. The highest BCUT2D eigenvalue weighted by Crippen LogP contribution is 2.04. The van der Waals surface area contributed by atoms with E-state index in [4.69, 9.17) is 17.2 Å². The molecule has 0 aliphatic carbocycles. The van der Waals surface area contributed by atoms with Crippen molar-refractivity contribution in [3.05, 3.63) is 0 Å². The van der Waals surface area contributed by atoms with Gasteiger partial charge in [0, 0.05) is 6.42 Å². The molecule has 0 heterocycles. The summed E-state index contributed by atoms with van der Waals surface area (Å²) >= 11 is 0. The second kappa shape index (κ2) is 13.9. The van der Waals surface area contributed by atoms with Crippen LogP contribution < -0.4 is 33.2 Å². The van der Waals surface area contributed by atoms with Crippen molar-refractivity contribution in [1.82, 2.24) is 16.0 Å². The first-order valence-electron chi connectivity index (χ1n) is 9.85. The lowest BCUT2D eigenvalue weighted by Crippen LogP contribution is -2.58. The number of carboxylic acids is 1. The van der Waals surface area contributed by atoms with Gasteiger partial charge in [0.05, 0.1) is 19.1 Å². The van der Waals surface area contributed by atoms with Crippen LogP contribution in [0.5, 0.6) is 0 Å². The first-order valence-corrected chi connectivity index (χ1v) is 9.85. The number of carbonyl (C=O) groups is 6. The first-order chi connectivity index (χ1) is 14.8. The van der Waals surface area contributed by atoms with Gasteiger partial charge >= 0.3 is 5.97 Å². The molecule has 5 amide bonds. The highest BCUT2D eigenvalue weighted by molar-refractivity contribution is 5.96. The zero-order valence-electron chi connectivity index (χ0n) is 18.0. The Morgan fingerprint density at radius 1 is 0.812 bits per heavy atom. The van der Waals surface area contributed by atoms with E-state index in [0.717, 1.165) is 0 Å². The van der Waals surface area contributed by atoms with E-state index in [-0.39, 0.29) is 18.8 Å². The maximum Gasteiger partial charge on any atom is 0.326 e. The maximum atomic E-state index is 12.5. The van der Waals surface area contributed by atoms with Crippen molar-refractivity contribution in [2.24, 2.45) is 23.1 Å². The molecular weight excluding hydrogens is 428 g/mol. The van der Waals surface area contributed by atoms with Crippen LogP contribution >= 0.6 is 0 Å². The van der Waals surface area contributed by atoms with Gasteiger partial charge in [0.2, 0.25) is 29.5 Å². The number of rotatable bonds is 15. The van der Waals surface area contributed by atoms with Crippen LogP contribution in [0.4, 0.5) is 0 Å². The normalized spacial score (nSPS) is 14.5. The Hall–Kier alpha value is -3.26. The highest BCUT2D eigenvalue weighted by Gasteiger charge is 2.31. The van der Waals surface area contributed by atoms with Crippen molar-refractivity contribution in [1.29, 1.82) is 0 Å². The van der Waals surface area contributed by atoms with Gasteiger partial charge in [0.15, 0.2) is 0 Å². The van der Waals surface area contributed by atoms with Crippen LogP contribution in [0, 0.1) is 5.92 Å². The molecule has 0 aromatic carbocycles. The summed E-state index contributed by atoms with van der Waals surface area (Å²) in [5.74, 6) is -5.96. The number of nitrogens with two attached hydrogens (primary N) is 3. The lowest BCUT2D eigenvalue weighted by molar-refractivity contribution is -0.142. The molecule has 0 aliphatic heterocycles. The minimum atomic E-state index is -1.61. The number of carboxylic acid groups (broad SMARTS) is 1. The van der Waals surface area contributed by atoms with E-state index >= 15 is 0 Å². The molecular formula is C18H32N6O8. The third-order valence-corrected chi connectivity index (χ3v) is 4.21. The van der Waals surface area contributed by atoms with Gasteiger partial charge in [0.1, 0.15) is 18.1 Å². The van der Waals surface area contributed by atoms with Crippen molar-refractivity contribution >= 4 is 35.5 Å². The van der Waals surface area contributed by atoms with Gasteiger partial charge in [-0.1, -0.05) is 13.8 Å². The van der Waals surface area contributed by atoms with Crippen LogP contribution in [0.1, 0.15) is 39.5 Å². The minimum absolute atomic E-state index is 0.0949. The molecule has 0 aliphatic rings. The third-order valence-electron chi connectivity index (χ3n) is 4.21. The molecule has 0 rings (SSSR count). The Morgan fingerprint density at radius 3 is 1.75 bits per heavy atom. The average molecular weight is 460 g/mol. The summed E-state index contributed by atoms with van der Waals surface area (Å²) in [6, 6.07) is -5.56. The fraction of sp³-hybridized carbons (Fsp3) is 0.667. The summed E-state index contributed by atoms with van der Waals surface area (Å²) in [4.78, 5) is 70.5. The molecule has 0 fully saturated rings. The Balaban J connectivity index is 5.28. The van der Waals surface area contributed by atoms with E-state index in [1.165, 1.54) is 0 Å². The zero-order valence-corrected chi connectivity index (χ0v) is 18.0. The molecule has 14 nitrogen and oxygen atoms in total. The topological polar surface area (TPSA) is 257 Å². The van der Waals surface area contributed by atoms with Crippen LogP contribution in [0.15, 0.2) is 0 Å². The predicted octanol–water partition coefficient (Wildman–Crippen LogP) is -3.97. The third kappa shape index (κ3) is 11.2. The summed E-state index contributed by atoms with van der Waals surface area (Å²) in [5.41, 5.74) is 15.8. The van der Waals surface area contributed by atoms with Gasteiger partial charge in [-0.2, -0.15) is 0 Å². The standard InChI is InChI=1S/C18H32N6O8/c1-8(2)5-9(19)15(28)24-12(7-25)17(30)23-11(6-14(21)27)16(29)22-10(18(31)32)3-4-13(20)26/h8-12,25H,3-7,19H2,1-2H3,(H2,20,26)(H2,21,27)(H,22,29)(H,23,30)(H,24,28)(H,31,32). The van der Waals surface area contributed by atoms with E-state index in [1.807, 2.05) is 13.8 Å². The molecule has 182 valence electrons. The van der Waals surface area contributed by atoms with Gasteiger partial charge in [-0.3, -0.25) is 24.0 Å². The van der Waals surface area contributed by atoms with Gasteiger partial charge in [-0.25, -0.2) is 4.79 Å². The van der Waals surface area contributed by atoms with E-state index in [9.17, 15) is 39.0 Å². The molecule has 0 radical (unpaired) electrons. The van der Waals surface area contributed by atoms with E-state index in [2.05, 4.69) is 16.0 Å². The molecule has 32 heavy (non-hydrogen) atoms. The van der Waals surface area contributed by atoms with Crippen molar-refractivity contribution in [2.75, 3.05) is 6.61 Å². The van der Waals surface area contributed by atoms with Crippen molar-refractivity contribution in [2.45, 2.75) is 63.7 Å². The second-order valence-corrected chi connectivity index (χ2v) is 7.62. The molecule has 4 atom stereocenters. The van der Waals surface area contributed by atoms with Gasteiger partial charge in [-0.15, -0.1) is 0 Å². The Bertz CT molecular complexity index is 714. The lowest BCUT2D eigenvalue weighted by Gasteiger charge is -2.24. The van der Waals surface area contributed by atoms with Crippen LogP contribution in [-0.2, 0) is 28.8 Å². The number of carbonyl (C=O) groups excluding carboxylic acids is 5. The molecule has 0 aromatic heterocycles. The quantitative estimate of drug-likeness (QED) is 0.118. The maximum absolute atomic E-state index is 12.5. The number of aliphatic hydroxyl groups is 1. The molecule has 14 heteroatoms. The first kappa shape index (κ1) is 28.7. The summed E-state index contributed by atoms with van der Waals surface area (Å²) < 4.78 is 0. The number of aliphatic carboxylic acids is 1. The SMILES string of the molecule is CC(C)CC(N)C(=O)NC(CO)C(=O)NC(CC(N)=O)C(=O)NC(CCC(N)=O)C(=O)O. The van der Waals surface area contributed by atoms with E-state index in [0.29, 0.717) is 6.42 Å². The number of hydrogen-bond acceptors (Lipinski definition) is 8. The van der Waals surface area contributed by atoms with Gasteiger partial charge in [0.25, 0.3) is 0 Å². The zero-order chi connectivity index (χ0) is 25.0. The fourth-order valence-electron chi connectivity index (χ4n) is 2.59. The molecule has 0 saturated heterocycles. The summed E-state index contributed by atoms with van der Waals surface area (Å²) in [6.07, 6.45) is -1.03. The van der Waals surface area contributed by atoms with E-state index in [1.54, 1.807) is 0 Å². The number of aliphatic hydroxyl groups excluding tert-OH is 1. The van der Waals surface area contributed by atoms with Crippen LogP contribution in [0.25, 0.3) is 0 Å². The monoisotopic (exact) mass is 460 g/mol. The average Bonchev–Trinajstić information content (AvgIpc) is 2.66. The van der Waals surface area contributed by atoms with Crippen molar-refractivity contribution < 1.29 is 39.0 Å². The number of nitrogens with one attached hydrogen (secondary N) is 3. The smallest absolute Gasteiger partial charge is 0.326 e. The number of primary amides is 2. The molecule has 0 spiro atoms. The van der Waals surface area contributed by atoms with Crippen molar-refractivity contribution in [3.63, 3.8) is 0 Å². The second-order valence-electron chi connectivity index (χ2n) is 7.62. The Kier molecular flexibility index (Phi) is 12.5. The lowest BCUT2D eigenvalue weighted by atomic mass is 10.0. The van der Waals surface area contributed by atoms with E-state index < -0.39 is 72.7 Å². The summed E-state index contributed by atoms with van der Waals surface area (Å²) in [6.45, 7) is 2.84. The van der Waals surface area contributed by atoms with Gasteiger partial charge < -0.3 is 43.4 Å². The predicted molar refractivity (Wildman–Crippen MR) is 110 cm³/mol. The largest absolute Gasteiger partial charge is 0.480 e. The Morgan fingerprint density at radius 2 is 1.31 bits per heavy atom. The Labute approximate surface area is 184 Å². The summed E-state index contributed by atoms with van der Waals surface area (Å²) in [5, 5.41) is 25.1. The molecule has 0 aromatic rings. The number of hydrogen-bond donors (Lipinski definition) is 8. The number of amides is 5. The molecule has 0 bridgehead atoms. The summed E-state index contributed by atoms with van der Waals surface area (Å²) in [7, 11) is 0. The molecule has 4 unspecified atom stereocenters. The van der Waals surface area contributed by atoms with Crippen molar-refractivity contribution in [3.8, 4) is 0 Å². The van der Waals surface area contributed by atoms with Crippen LogP contribution in [-0.4, -0.2) is 76.5 Å². The van der Waals surface area contributed by atoms with Crippen LogP contribution in [0.3, 0.4) is 0 Å². The molecule has 0 saturated carbocycles. The minimum Gasteiger partial charge on any atom is -0.480 e. The molecule has 11 N–H and O–H groups in total.